The molecule has 0 atom stereocenters. The highest BCUT2D eigenvalue weighted by molar-refractivity contribution is 7.30. The molecular formula is C124H66N6O4S6. The topological polar surface area (TPSA) is 114 Å². The fourth-order valence-electron chi connectivity index (χ4n) is 22.3. The summed E-state index contributed by atoms with van der Waals surface area (Å²) in [6.07, 6.45) is 0. The minimum atomic E-state index is 0.667. The van der Waals surface area contributed by atoms with Crippen LogP contribution in [0.25, 0.3) is 309 Å². The Kier molecular flexibility index (Phi) is 17.0. The van der Waals surface area contributed by atoms with E-state index in [9.17, 15) is 0 Å². The lowest BCUT2D eigenvalue weighted by molar-refractivity contribution is 0.669. The van der Waals surface area contributed by atoms with Crippen LogP contribution in [-0.2, 0) is 0 Å². The zero-order valence-corrected chi connectivity index (χ0v) is 78.8. The van der Waals surface area contributed by atoms with Crippen molar-refractivity contribution in [2.24, 2.45) is 0 Å². The van der Waals surface area contributed by atoms with Crippen molar-refractivity contribution in [3.05, 3.63) is 400 Å². The van der Waals surface area contributed by atoms with Gasteiger partial charge in [-0.25, -0.2) is 19.9 Å². The van der Waals surface area contributed by atoms with Gasteiger partial charge in [-0.1, -0.05) is 261 Å². The summed E-state index contributed by atoms with van der Waals surface area (Å²) in [6.45, 7) is 0. The van der Waals surface area contributed by atoms with Crippen LogP contribution >= 0.6 is 68.0 Å². The molecule has 0 saturated heterocycles. The Balaban J connectivity index is 0.0000000880. The van der Waals surface area contributed by atoms with Crippen molar-refractivity contribution in [1.29, 1.82) is 0 Å². The fraction of sp³-hybridized carbons (Fsp3) is 0. The first-order chi connectivity index (χ1) is 69.4. The van der Waals surface area contributed by atoms with Crippen LogP contribution in [0.3, 0.4) is 0 Å². The Morgan fingerprint density at radius 1 is 0.171 bits per heavy atom. The molecule has 0 amide bonds. The van der Waals surface area contributed by atoms with Crippen LogP contribution < -0.4 is 0 Å². The maximum atomic E-state index is 6.35. The molecule has 0 N–H and O–H groups in total. The average molecular weight is 1900 g/mol. The summed E-state index contributed by atoms with van der Waals surface area (Å²) in [5, 5.41) is 31.9. The van der Waals surface area contributed by atoms with E-state index in [1.807, 2.05) is 123 Å². The number of para-hydroxylation sites is 8. The maximum absolute atomic E-state index is 6.35. The molecule has 10 nitrogen and oxygen atoms in total. The van der Waals surface area contributed by atoms with Gasteiger partial charge in [0, 0.05) is 208 Å². The zero-order chi connectivity index (χ0) is 91.2. The highest BCUT2D eigenvalue weighted by Crippen LogP contribution is 2.55. The van der Waals surface area contributed by atoms with Gasteiger partial charge in [0.15, 0.2) is 0 Å². The molecule has 652 valence electrons. The standard InChI is InChI=1S/C38H21N3OS.C38H21N3S2.C24H12O2S.C24H12OS2/c1-2-10-22(11-3-1)36-25-13-4-7-15-27(25)39-38(40-36)41-28-16-8-5-12-23(28)24-18-20-32-35(37(24)41)34-31(43-32)21-19-30-33(34)26-14-6-9-17-29(26)42-30;1-2-10-22(11-3-1)36-25-13-4-7-15-27(25)39-38(40-36)41-28-16-8-5-12-23(28)24-18-19-32-35(37(24)41)34-31(43-32)21-20-30-33(34)26-14-6-9-17-29(26)42-30;1-3-7-16-13(5-1)14-9-11-20-23(24(14)26-16)22-19(27-20)12-10-18-21(22)15-6-2-4-8-17(15)25-18;1-3-7-16-15(6-1)21-17(25-16)10-12-19-22(21)23-20(26-19)11-9-14-13-5-2-4-8-18(13)27-24(14)23/h2*1-21H;2*1-12H. The molecule has 0 unspecified atom stereocenters. The molecule has 14 aromatic heterocycles. The van der Waals surface area contributed by atoms with Crippen molar-refractivity contribution in [1.82, 2.24) is 29.1 Å². The number of thiophene rings is 6. The molecule has 0 spiro atoms. The largest absolute Gasteiger partial charge is 0.456 e. The monoisotopic (exact) mass is 1890 g/mol. The summed E-state index contributed by atoms with van der Waals surface area (Å²) >= 11 is 11.2. The molecule has 0 radical (unpaired) electrons. The van der Waals surface area contributed by atoms with Crippen molar-refractivity contribution >= 4 is 342 Å². The first-order valence-electron chi connectivity index (χ1n) is 46.6. The van der Waals surface area contributed by atoms with Gasteiger partial charge in [0.05, 0.1) is 44.5 Å². The highest BCUT2D eigenvalue weighted by Gasteiger charge is 2.29. The summed E-state index contributed by atoms with van der Waals surface area (Å²) in [7, 11) is 0. The Bertz CT molecular complexity index is 10700. The van der Waals surface area contributed by atoms with E-state index in [-0.39, 0.29) is 0 Å². The van der Waals surface area contributed by atoms with E-state index >= 15 is 0 Å². The van der Waals surface area contributed by atoms with Gasteiger partial charge in [-0.3, -0.25) is 9.13 Å². The molecule has 34 aromatic rings. The summed E-state index contributed by atoms with van der Waals surface area (Å²) in [5.41, 5.74) is 17.9. The Morgan fingerprint density at radius 3 is 0.986 bits per heavy atom. The van der Waals surface area contributed by atoms with Gasteiger partial charge in [-0.2, -0.15) is 0 Å². The van der Waals surface area contributed by atoms with Crippen LogP contribution in [0.1, 0.15) is 0 Å². The van der Waals surface area contributed by atoms with Gasteiger partial charge in [-0.15, -0.1) is 68.0 Å². The van der Waals surface area contributed by atoms with Crippen molar-refractivity contribution < 1.29 is 17.7 Å². The van der Waals surface area contributed by atoms with E-state index in [1.54, 1.807) is 0 Å². The summed E-state index contributed by atoms with van der Waals surface area (Å²) in [6, 6.07) is 141. The van der Waals surface area contributed by atoms with E-state index < -0.39 is 0 Å². The highest BCUT2D eigenvalue weighted by atomic mass is 32.1. The second kappa shape index (κ2) is 30.3. The van der Waals surface area contributed by atoms with E-state index in [0.29, 0.717) is 11.9 Å². The number of furan rings is 4. The first-order valence-corrected chi connectivity index (χ1v) is 51.5. The second-order valence-corrected chi connectivity index (χ2v) is 42.2. The van der Waals surface area contributed by atoms with E-state index in [2.05, 4.69) is 355 Å². The summed E-state index contributed by atoms with van der Waals surface area (Å²) in [5.74, 6) is 1.36. The SMILES string of the molecule is c1ccc(-c2nc(-n3c4ccccc4c4ccc5sc6ccc7oc8ccccc8c7c6c5c43)nc3ccccc23)cc1.c1ccc(-c2nc(-n3c4ccccc4c4ccc5sc6ccc7sc8ccccc8c7c6c5c43)nc3ccccc23)cc1.c1ccc2c(c1)oc1c2ccc2sc3ccc4oc5ccccc5c4c3c21.c1ccc2c(c1)oc1ccc3sc4ccc5c6ccccc6sc5c4c3c12. The number of aromatic nitrogens is 6. The van der Waals surface area contributed by atoms with E-state index in [1.165, 1.54) is 170 Å². The lowest BCUT2D eigenvalue weighted by atomic mass is 10.0. The molecule has 0 aliphatic heterocycles. The molecule has 0 aliphatic carbocycles. The third-order valence-corrected chi connectivity index (χ3v) is 35.0. The van der Waals surface area contributed by atoms with Gasteiger partial charge in [0.1, 0.15) is 44.7 Å². The van der Waals surface area contributed by atoms with Gasteiger partial charge in [0.2, 0.25) is 11.9 Å². The number of benzene rings is 20. The van der Waals surface area contributed by atoms with Crippen molar-refractivity contribution in [3.63, 3.8) is 0 Å². The second-order valence-electron chi connectivity index (χ2n) is 35.8. The number of fused-ring (bicyclic) bond motifs is 46. The number of rotatable bonds is 4. The quantitative estimate of drug-likeness (QED) is 0.171. The Labute approximate surface area is 816 Å². The van der Waals surface area contributed by atoms with E-state index in [0.717, 1.165) is 127 Å². The predicted octanol–water partition coefficient (Wildman–Crippen LogP) is 38.0. The van der Waals surface area contributed by atoms with Gasteiger partial charge in [0.25, 0.3) is 0 Å². The van der Waals surface area contributed by atoms with Crippen LogP contribution in [0, 0.1) is 0 Å². The van der Waals surface area contributed by atoms with Crippen LogP contribution in [0.15, 0.2) is 418 Å². The third kappa shape index (κ3) is 11.6. The molecule has 0 bridgehead atoms. The van der Waals surface area contributed by atoms with Crippen molar-refractivity contribution in [2.75, 3.05) is 0 Å². The Hall–Kier alpha value is -16.8. The van der Waals surface area contributed by atoms with Gasteiger partial charge in [-0.05, 0) is 140 Å². The van der Waals surface area contributed by atoms with Gasteiger partial charge < -0.3 is 17.7 Å². The molecule has 16 heteroatoms. The minimum Gasteiger partial charge on any atom is -0.456 e. The first kappa shape index (κ1) is 78.4. The number of hydrogen-bond donors (Lipinski definition) is 0. The van der Waals surface area contributed by atoms with Crippen LogP contribution in [0.4, 0.5) is 0 Å². The molecule has 20 aromatic carbocycles. The van der Waals surface area contributed by atoms with Crippen molar-refractivity contribution in [3.8, 4) is 34.4 Å². The van der Waals surface area contributed by atoms with Crippen molar-refractivity contribution in [2.45, 2.75) is 0 Å². The average Bonchev–Trinajstić information content (AvgIpc) is 1.64. The minimum absolute atomic E-state index is 0.667. The lowest BCUT2D eigenvalue weighted by Gasteiger charge is -2.12. The smallest absolute Gasteiger partial charge is 0.235 e. The lowest BCUT2D eigenvalue weighted by Crippen LogP contribution is -2.03. The number of hydrogen-bond acceptors (Lipinski definition) is 14. The zero-order valence-electron chi connectivity index (χ0n) is 73.9. The van der Waals surface area contributed by atoms with Crippen LogP contribution in [0.5, 0.6) is 0 Å². The Morgan fingerprint density at radius 2 is 0.493 bits per heavy atom. The molecule has 0 fully saturated rings. The molecule has 0 aliphatic rings. The predicted molar refractivity (Wildman–Crippen MR) is 598 cm³/mol. The molecular weight excluding hydrogens is 1830 g/mol. The third-order valence-electron chi connectivity index (χ3n) is 28.2. The molecule has 14 heterocycles. The van der Waals surface area contributed by atoms with Crippen LogP contribution in [-0.4, -0.2) is 29.1 Å². The number of nitrogens with zero attached hydrogens (tertiary/aromatic N) is 6. The maximum Gasteiger partial charge on any atom is 0.235 e. The summed E-state index contributed by atoms with van der Waals surface area (Å²) in [4.78, 5) is 21.1. The summed E-state index contributed by atoms with van der Waals surface area (Å²) < 4.78 is 45.2. The van der Waals surface area contributed by atoms with Crippen LogP contribution in [0.2, 0.25) is 0 Å². The molecule has 34 rings (SSSR count). The molecule has 0 saturated carbocycles. The van der Waals surface area contributed by atoms with E-state index in [4.69, 9.17) is 37.6 Å². The fourth-order valence-corrected chi connectivity index (χ4v) is 29.2. The normalized spacial score (nSPS) is 12.3. The van der Waals surface area contributed by atoms with Gasteiger partial charge >= 0.3 is 0 Å². The molecule has 140 heavy (non-hydrogen) atoms.